The normalized spacial score (nSPS) is 12.5. The van der Waals surface area contributed by atoms with E-state index in [4.69, 9.17) is 5.73 Å². The van der Waals surface area contributed by atoms with Crippen LogP contribution in [0.5, 0.6) is 0 Å². The fourth-order valence-corrected chi connectivity index (χ4v) is 6.19. The topological polar surface area (TPSA) is 26.0 Å². The van der Waals surface area contributed by atoms with E-state index in [9.17, 15) is 0 Å². The predicted octanol–water partition coefficient (Wildman–Crippen LogP) is 13.5. The van der Waals surface area contributed by atoms with E-state index in [0.717, 1.165) is 0 Å². The molecule has 230 valence electrons. The van der Waals surface area contributed by atoms with Crippen LogP contribution in [0.15, 0.2) is 0 Å². The Hall–Kier alpha value is -0.0400. The van der Waals surface area contributed by atoms with Crippen LogP contribution in [0.4, 0.5) is 0 Å². The molecule has 0 saturated heterocycles. The molecule has 0 rings (SSSR count). The maximum Gasteiger partial charge on any atom is 0.0151 e. The molecule has 0 radical (unpaired) electrons. The monoisotopic (exact) mass is 536 g/mol. The van der Waals surface area contributed by atoms with Gasteiger partial charge in [-0.25, -0.2) is 0 Å². The van der Waals surface area contributed by atoms with E-state index in [-0.39, 0.29) is 5.54 Å². The molecule has 2 N–H and O–H groups in total. The fraction of sp³-hybridized carbons (Fsp3) is 1.00. The van der Waals surface area contributed by atoms with E-state index in [1.165, 1.54) is 193 Å². The molecule has 1 heteroatoms. The molecule has 38 heavy (non-hydrogen) atoms. The molecule has 0 unspecified atom stereocenters. The molecule has 0 bridgehead atoms. The van der Waals surface area contributed by atoms with Crippen molar-refractivity contribution in [2.24, 2.45) is 11.1 Å². The number of rotatable bonds is 31. The second kappa shape index (κ2) is 27.1. The molecule has 1 nitrogen and oxygen atoms in total. The smallest absolute Gasteiger partial charge is 0.0151 e. The Bertz CT molecular complexity index is 416. The Balaban J connectivity index is 3.68. The van der Waals surface area contributed by atoms with Crippen LogP contribution in [0.1, 0.15) is 227 Å². The third-order valence-electron chi connectivity index (χ3n) is 9.72. The summed E-state index contributed by atoms with van der Waals surface area (Å²) in [6, 6.07) is 0. The first kappa shape index (κ1) is 38.0. The van der Waals surface area contributed by atoms with Crippen molar-refractivity contribution in [1.82, 2.24) is 0 Å². The molecule has 0 aliphatic heterocycles. The lowest BCUT2D eigenvalue weighted by Gasteiger charge is -2.42. The number of hydrogen-bond acceptors (Lipinski definition) is 1. The Morgan fingerprint density at radius 3 is 0.684 bits per heavy atom. The highest BCUT2D eigenvalue weighted by atomic mass is 14.8. The largest absolute Gasteiger partial charge is 0.325 e. The molecule has 0 fully saturated rings. The standard InChI is InChI=1S/C37H77N/c1-6-8-10-12-14-16-18-20-22-24-26-28-30-32-34-37(5,36(3,4)38)35-33-31-29-27-25-23-21-19-17-15-13-11-9-7-2/h6-35,38H2,1-5H3. The average Bonchev–Trinajstić information content (AvgIpc) is 2.88. The first-order chi connectivity index (χ1) is 18.4. The molecule has 0 heterocycles. The summed E-state index contributed by atoms with van der Waals surface area (Å²) in [5.74, 6) is 0. The van der Waals surface area contributed by atoms with Crippen LogP contribution in [0.25, 0.3) is 0 Å². The summed E-state index contributed by atoms with van der Waals surface area (Å²) in [4.78, 5) is 0. The quantitative estimate of drug-likeness (QED) is 0.0877. The molecule has 0 atom stereocenters. The van der Waals surface area contributed by atoms with Gasteiger partial charge in [0.15, 0.2) is 0 Å². The Kier molecular flexibility index (Phi) is 27.1. The summed E-state index contributed by atoms with van der Waals surface area (Å²) in [7, 11) is 0. The Morgan fingerprint density at radius 2 is 0.500 bits per heavy atom. The maximum absolute atomic E-state index is 6.72. The summed E-state index contributed by atoms with van der Waals surface area (Å²) >= 11 is 0. The zero-order valence-electron chi connectivity index (χ0n) is 27.8. The summed E-state index contributed by atoms with van der Waals surface area (Å²) in [6.07, 6.45) is 42.9. The van der Waals surface area contributed by atoms with Crippen LogP contribution >= 0.6 is 0 Å². The van der Waals surface area contributed by atoms with E-state index in [2.05, 4.69) is 34.6 Å². The number of hydrogen-bond donors (Lipinski definition) is 1. The minimum atomic E-state index is -0.0694. The zero-order chi connectivity index (χ0) is 28.2. The second-order valence-corrected chi connectivity index (χ2v) is 14.0. The van der Waals surface area contributed by atoms with Crippen molar-refractivity contribution in [2.75, 3.05) is 0 Å². The summed E-state index contributed by atoms with van der Waals surface area (Å²) in [5, 5.41) is 0. The molecular weight excluding hydrogens is 458 g/mol. The molecule has 0 spiro atoms. The van der Waals surface area contributed by atoms with Crippen molar-refractivity contribution in [1.29, 1.82) is 0 Å². The van der Waals surface area contributed by atoms with E-state index >= 15 is 0 Å². The summed E-state index contributed by atoms with van der Waals surface area (Å²) in [6.45, 7) is 11.6. The first-order valence-corrected chi connectivity index (χ1v) is 18.2. The minimum Gasteiger partial charge on any atom is -0.325 e. The van der Waals surface area contributed by atoms with Gasteiger partial charge in [0.25, 0.3) is 0 Å². The Morgan fingerprint density at radius 1 is 0.316 bits per heavy atom. The SMILES string of the molecule is CCCCCCCCCCCCCCCCC(C)(CCCCCCCCCCCCCCCC)C(C)(C)N. The van der Waals surface area contributed by atoms with Crippen molar-refractivity contribution in [3.63, 3.8) is 0 Å². The van der Waals surface area contributed by atoms with Crippen molar-refractivity contribution >= 4 is 0 Å². The van der Waals surface area contributed by atoms with Gasteiger partial charge < -0.3 is 5.73 Å². The lowest BCUT2D eigenvalue weighted by atomic mass is 9.67. The fourth-order valence-electron chi connectivity index (χ4n) is 6.19. The van der Waals surface area contributed by atoms with Gasteiger partial charge in [0.05, 0.1) is 0 Å². The van der Waals surface area contributed by atoms with Crippen molar-refractivity contribution in [3.8, 4) is 0 Å². The van der Waals surface area contributed by atoms with Crippen LogP contribution in [0.2, 0.25) is 0 Å². The van der Waals surface area contributed by atoms with Gasteiger partial charge >= 0.3 is 0 Å². The minimum absolute atomic E-state index is 0.0694. The van der Waals surface area contributed by atoms with Gasteiger partial charge in [-0.1, -0.05) is 201 Å². The third-order valence-corrected chi connectivity index (χ3v) is 9.72. The van der Waals surface area contributed by atoms with E-state index < -0.39 is 0 Å². The van der Waals surface area contributed by atoms with E-state index in [0.29, 0.717) is 5.41 Å². The van der Waals surface area contributed by atoms with Crippen molar-refractivity contribution in [3.05, 3.63) is 0 Å². The van der Waals surface area contributed by atoms with Crippen LogP contribution in [0, 0.1) is 5.41 Å². The summed E-state index contributed by atoms with van der Waals surface area (Å²) in [5.41, 5.74) is 6.95. The molecule has 0 aromatic carbocycles. The van der Waals surface area contributed by atoms with Gasteiger partial charge in [0.2, 0.25) is 0 Å². The average molecular weight is 536 g/mol. The van der Waals surface area contributed by atoms with Crippen LogP contribution < -0.4 is 5.73 Å². The molecule has 0 aromatic heterocycles. The third kappa shape index (κ3) is 23.8. The van der Waals surface area contributed by atoms with Crippen molar-refractivity contribution in [2.45, 2.75) is 233 Å². The lowest BCUT2D eigenvalue weighted by molar-refractivity contribution is 0.135. The molecule has 0 saturated carbocycles. The first-order valence-electron chi connectivity index (χ1n) is 18.2. The van der Waals surface area contributed by atoms with E-state index in [1.807, 2.05) is 0 Å². The van der Waals surface area contributed by atoms with Crippen LogP contribution in [-0.2, 0) is 0 Å². The van der Waals surface area contributed by atoms with Crippen molar-refractivity contribution < 1.29 is 0 Å². The number of nitrogens with two attached hydrogens (primary N) is 1. The van der Waals surface area contributed by atoms with Gasteiger partial charge in [-0.2, -0.15) is 0 Å². The van der Waals surface area contributed by atoms with Crippen LogP contribution in [-0.4, -0.2) is 5.54 Å². The molecule has 0 aliphatic carbocycles. The van der Waals surface area contributed by atoms with Gasteiger partial charge in [0.1, 0.15) is 0 Å². The molecule has 0 aliphatic rings. The highest BCUT2D eigenvalue weighted by molar-refractivity contribution is 4.93. The zero-order valence-corrected chi connectivity index (χ0v) is 27.8. The predicted molar refractivity (Wildman–Crippen MR) is 176 cm³/mol. The summed E-state index contributed by atoms with van der Waals surface area (Å²) < 4.78 is 0. The van der Waals surface area contributed by atoms with Gasteiger partial charge in [-0.15, -0.1) is 0 Å². The Labute approximate surface area is 243 Å². The van der Waals surface area contributed by atoms with E-state index in [1.54, 1.807) is 0 Å². The maximum atomic E-state index is 6.72. The lowest BCUT2D eigenvalue weighted by Crippen LogP contribution is -2.49. The van der Waals surface area contributed by atoms with Gasteiger partial charge in [-0.3, -0.25) is 0 Å². The second-order valence-electron chi connectivity index (χ2n) is 14.0. The number of unbranched alkanes of at least 4 members (excludes halogenated alkanes) is 26. The van der Waals surface area contributed by atoms with Crippen LogP contribution in [0.3, 0.4) is 0 Å². The molecule has 0 aromatic rings. The molecular formula is C37H77N. The highest BCUT2D eigenvalue weighted by Gasteiger charge is 2.36. The highest BCUT2D eigenvalue weighted by Crippen LogP contribution is 2.40. The van der Waals surface area contributed by atoms with Gasteiger partial charge in [-0.05, 0) is 32.1 Å². The molecule has 0 amide bonds. The van der Waals surface area contributed by atoms with Gasteiger partial charge in [0, 0.05) is 5.54 Å².